The first-order valence-corrected chi connectivity index (χ1v) is 8.03. The van der Waals surface area contributed by atoms with Gasteiger partial charge >= 0.3 is 5.97 Å². The van der Waals surface area contributed by atoms with Crippen molar-refractivity contribution in [3.63, 3.8) is 0 Å². The summed E-state index contributed by atoms with van der Waals surface area (Å²) < 4.78 is 4.63. The van der Waals surface area contributed by atoms with Crippen LogP contribution in [0.1, 0.15) is 44.7 Å². The third-order valence-electron chi connectivity index (χ3n) is 3.82. The summed E-state index contributed by atoms with van der Waals surface area (Å²) in [6.45, 7) is 2.30. The number of rotatable bonds is 7. The summed E-state index contributed by atoms with van der Waals surface area (Å²) in [4.78, 5) is 35.3. The van der Waals surface area contributed by atoms with E-state index in [1.54, 1.807) is 36.4 Å². The van der Waals surface area contributed by atoms with Crippen LogP contribution in [-0.4, -0.2) is 24.8 Å². The van der Waals surface area contributed by atoms with E-state index in [2.05, 4.69) is 10.1 Å². The van der Waals surface area contributed by atoms with Crippen LogP contribution < -0.4 is 5.32 Å². The number of carbonyl (C=O) groups excluding carboxylic acids is 3. The van der Waals surface area contributed by atoms with Crippen molar-refractivity contribution in [1.82, 2.24) is 5.32 Å². The molecule has 1 N–H and O–H groups in total. The minimum absolute atomic E-state index is 0.0439. The highest BCUT2D eigenvalue weighted by Crippen LogP contribution is 2.08. The Labute approximate surface area is 147 Å². The maximum absolute atomic E-state index is 12.0. The van der Waals surface area contributed by atoms with Gasteiger partial charge in [0, 0.05) is 24.9 Å². The van der Waals surface area contributed by atoms with Gasteiger partial charge in [0.2, 0.25) is 5.91 Å². The van der Waals surface area contributed by atoms with Crippen molar-refractivity contribution in [3.05, 3.63) is 70.8 Å². The third-order valence-corrected chi connectivity index (χ3v) is 3.82. The van der Waals surface area contributed by atoms with E-state index in [0.717, 1.165) is 11.1 Å². The van der Waals surface area contributed by atoms with Crippen LogP contribution in [0.3, 0.4) is 0 Å². The number of amides is 1. The normalized spacial score (nSPS) is 10.2. The molecule has 5 heteroatoms. The van der Waals surface area contributed by atoms with Crippen LogP contribution in [0.25, 0.3) is 0 Å². The molecule has 2 aromatic rings. The zero-order valence-corrected chi connectivity index (χ0v) is 14.4. The summed E-state index contributed by atoms with van der Waals surface area (Å²) in [5, 5.41) is 2.77. The Hall–Kier alpha value is -2.95. The molecule has 0 atom stereocenters. The second-order valence-electron chi connectivity index (χ2n) is 5.75. The van der Waals surface area contributed by atoms with Crippen LogP contribution in [0.5, 0.6) is 0 Å². The van der Waals surface area contributed by atoms with E-state index in [0.29, 0.717) is 17.7 Å². The Kier molecular flexibility index (Phi) is 6.46. The van der Waals surface area contributed by atoms with E-state index in [9.17, 15) is 14.4 Å². The van der Waals surface area contributed by atoms with Gasteiger partial charge in [0.1, 0.15) is 0 Å². The highest BCUT2D eigenvalue weighted by atomic mass is 16.5. The molecule has 0 aliphatic rings. The van der Waals surface area contributed by atoms with Gasteiger partial charge in [-0.25, -0.2) is 4.79 Å². The van der Waals surface area contributed by atoms with Crippen LogP contribution >= 0.6 is 0 Å². The summed E-state index contributed by atoms with van der Waals surface area (Å²) in [7, 11) is 1.33. The average molecular weight is 339 g/mol. The lowest BCUT2D eigenvalue weighted by Gasteiger charge is -2.06. The molecular weight excluding hydrogens is 318 g/mol. The molecule has 0 spiro atoms. The zero-order chi connectivity index (χ0) is 18.2. The van der Waals surface area contributed by atoms with Crippen LogP contribution in [0, 0.1) is 6.92 Å². The number of hydrogen-bond donors (Lipinski definition) is 1. The van der Waals surface area contributed by atoms with Gasteiger partial charge in [0.15, 0.2) is 5.78 Å². The molecule has 2 aromatic carbocycles. The largest absolute Gasteiger partial charge is 0.465 e. The van der Waals surface area contributed by atoms with Crippen molar-refractivity contribution in [3.8, 4) is 0 Å². The fraction of sp³-hybridized carbons (Fsp3) is 0.250. The SMILES string of the molecule is COC(=O)c1ccc(CNC(=O)CCC(=O)c2ccc(C)cc2)cc1. The standard InChI is InChI=1S/C20H21NO4/c1-14-3-7-16(8-4-14)18(22)11-12-19(23)21-13-15-5-9-17(10-6-15)20(24)25-2/h3-10H,11-13H2,1-2H3,(H,21,23). The second-order valence-corrected chi connectivity index (χ2v) is 5.75. The van der Waals surface area contributed by atoms with Crippen molar-refractivity contribution in [2.75, 3.05) is 7.11 Å². The van der Waals surface area contributed by atoms with Gasteiger partial charge in [-0.1, -0.05) is 42.0 Å². The smallest absolute Gasteiger partial charge is 0.337 e. The molecule has 1 amide bonds. The van der Waals surface area contributed by atoms with Gasteiger partial charge in [-0.05, 0) is 24.6 Å². The zero-order valence-electron chi connectivity index (χ0n) is 14.4. The molecule has 0 radical (unpaired) electrons. The molecule has 0 saturated carbocycles. The van der Waals surface area contributed by atoms with Gasteiger partial charge < -0.3 is 10.1 Å². The van der Waals surface area contributed by atoms with Crippen LogP contribution in [0.2, 0.25) is 0 Å². The highest BCUT2D eigenvalue weighted by Gasteiger charge is 2.09. The second kappa shape index (κ2) is 8.78. The number of hydrogen-bond acceptors (Lipinski definition) is 4. The average Bonchev–Trinajstić information content (AvgIpc) is 2.64. The number of esters is 1. The Morgan fingerprint density at radius 1 is 0.880 bits per heavy atom. The quantitative estimate of drug-likeness (QED) is 0.621. The molecule has 25 heavy (non-hydrogen) atoms. The first-order valence-electron chi connectivity index (χ1n) is 8.03. The fourth-order valence-electron chi connectivity index (χ4n) is 2.28. The van der Waals surface area contributed by atoms with Crippen LogP contribution in [0.15, 0.2) is 48.5 Å². The predicted octanol–water partition coefficient (Wildman–Crippen LogP) is 3.06. The minimum Gasteiger partial charge on any atom is -0.465 e. The molecule has 0 fully saturated rings. The summed E-state index contributed by atoms with van der Waals surface area (Å²) in [5.74, 6) is -0.625. The van der Waals surface area contributed by atoms with Gasteiger partial charge in [-0.2, -0.15) is 0 Å². The lowest BCUT2D eigenvalue weighted by molar-refractivity contribution is -0.121. The lowest BCUT2D eigenvalue weighted by atomic mass is 10.0. The molecule has 0 heterocycles. The first-order chi connectivity index (χ1) is 12.0. The van der Waals surface area contributed by atoms with Crippen LogP contribution in [0.4, 0.5) is 0 Å². The monoisotopic (exact) mass is 339 g/mol. The van der Waals surface area contributed by atoms with E-state index in [4.69, 9.17) is 0 Å². The molecule has 130 valence electrons. The van der Waals surface area contributed by atoms with Crippen molar-refractivity contribution < 1.29 is 19.1 Å². The van der Waals surface area contributed by atoms with Gasteiger partial charge in [0.25, 0.3) is 0 Å². The Morgan fingerprint density at radius 2 is 1.48 bits per heavy atom. The number of methoxy groups -OCH3 is 1. The summed E-state index contributed by atoms with van der Waals surface area (Å²) in [5.41, 5.74) is 3.04. The summed E-state index contributed by atoms with van der Waals surface area (Å²) in [6, 6.07) is 14.1. The number of ether oxygens (including phenoxy) is 1. The molecule has 0 aliphatic carbocycles. The Bertz CT molecular complexity index is 748. The number of Topliss-reactive ketones (excluding diaryl/α,β-unsaturated/α-hetero) is 1. The van der Waals surface area contributed by atoms with Gasteiger partial charge in [-0.15, -0.1) is 0 Å². The lowest BCUT2D eigenvalue weighted by Crippen LogP contribution is -2.23. The van der Waals surface area contributed by atoms with Gasteiger partial charge in [-0.3, -0.25) is 9.59 Å². The number of nitrogens with one attached hydrogen (secondary N) is 1. The van der Waals surface area contributed by atoms with E-state index < -0.39 is 5.97 Å². The van der Waals surface area contributed by atoms with E-state index in [1.807, 2.05) is 19.1 Å². The molecule has 0 saturated heterocycles. The maximum atomic E-state index is 12.0. The molecule has 0 aromatic heterocycles. The summed E-state index contributed by atoms with van der Waals surface area (Å²) in [6.07, 6.45) is 0.323. The number of ketones is 1. The van der Waals surface area contributed by atoms with Crippen molar-refractivity contribution in [1.29, 1.82) is 0 Å². The topological polar surface area (TPSA) is 72.5 Å². The van der Waals surface area contributed by atoms with E-state index in [1.165, 1.54) is 7.11 Å². The molecule has 2 rings (SSSR count). The number of benzene rings is 2. The molecule has 0 unspecified atom stereocenters. The van der Waals surface area contributed by atoms with Crippen molar-refractivity contribution >= 4 is 17.7 Å². The van der Waals surface area contributed by atoms with E-state index in [-0.39, 0.29) is 24.5 Å². The van der Waals surface area contributed by atoms with Crippen LogP contribution in [-0.2, 0) is 16.1 Å². The first kappa shape index (κ1) is 18.4. The summed E-state index contributed by atoms with van der Waals surface area (Å²) >= 11 is 0. The van der Waals surface area contributed by atoms with Crippen molar-refractivity contribution in [2.24, 2.45) is 0 Å². The van der Waals surface area contributed by atoms with Crippen molar-refractivity contribution in [2.45, 2.75) is 26.3 Å². The predicted molar refractivity (Wildman–Crippen MR) is 94.4 cm³/mol. The minimum atomic E-state index is -0.398. The van der Waals surface area contributed by atoms with E-state index >= 15 is 0 Å². The number of carbonyl (C=O) groups is 3. The molecule has 0 aliphatic heterocycles. The molecular formula is C20H21NO4. The molecule has 0 bridgehead atoms. The van der Waals surface area contributed by atoms with Gasteiger partial charge in [0.05, 0.1) is 12.7 Å². The maximum Gasteiger partial charge on any atom is 0.337 e. The highest BCUT2D eigenvalue weighted by molar-refractivity contribution is 5.98. The third kappa shape index (κ3) is 5.57. The number of aryl methyl sites for hydroxylation is 1. The Balaban J connectivity index is 1.77. The molecule has 5 nitrogen and oxygen atoms in total. The Morgan fingerprint density at radius 3 is 2.08 bits per heavy atom. The fourth-order valence-corrected chi connectivity index (χ4v) is 2.28.